The largest absolute Gasteiger partial charge is 0.364 e. The second-order valence-electron chi connectivity index (χ2n) is 1.72. The van der Waals surface area contributed by atoms with Crippen molar-refractivity contribution < 1.29 is 4.52 Å². The summed E-state index contributed by atoms with van der Waals surface area (Å²) in [6.45, 7) is 0. The molecule has 0 amide bonds. The fourth-order valence-corrected chi connectivity index (χ4v) is 0.543. The Bertz CT molecular complexity index is 243. The molecular formula is C7H6N2O. The fraction of sp³-hybridized carbons (Fsp3) is 0.143. The Kier molecular flexibility index (Phi) is 2.27. The molecule has 0 radical (unpaired) electrons. The number of aromatic nitrogens is 1. The zero-order valence-corrected chi connectivity index (χ0v) is 5.32. The van der Waals surface area contributed by atoms with E-state index in [-0.39, 0.29) is 0 Å². The quantitative estimate of drug-likeness (QED) is 0.617. The van der Waals surface area contributed by atoms with Gasteiger partial charge < -0.3 is 4.52 Å². The fourth-order valence-electron chi connectivity index (χ4n) is 0.543. The standard InChI is InChI=1S/C7H6N2O/c8-4-2-1-3-7-5-9-10-6-7/h1,3,5-6H,2H2. The molecular weight excluding hydrogens is 128 g/mol. The van der Waals surface area contributed by atoms with Gasteiger partial charge in [0.2, 0.25) is 0 Å². The molecule has 1 aromatic rings. The Balaban J connectivity index is 2.49. The van der Waals surface area contributed by atoms with E-state index >= 15 is 0 Å². The van der Waals surface area contributed by atoms with Gasteiger partial charge in [0, 0.05) is 5.56 Å². The normalized spacial score (nSPS) is 9.90. The van der Waals surface area contributed by atoms with E-state index in [1.54, 1.807) is 18.3 Å². The number of allylic oxidation sites excluding steroid dienone is 1. The molecule has 0 fully saturated rings. The molecule has 0 aliphatic heterocycles. The van der Waals surface area contributed by atoms with Gasteiger partial charge in [-0.3, -0.25) is 0 Å². The van der Waals surface area contributed by atoms with Crippen LogP contribution in [0.5, 0.6) is 0 Å². The van der Waals surface area contributed by atoms with Crippen molar-refractivity contribution in [2.75, 3.05) is 0 Å². The van der Waals surface area contributed by atoms with E-state index in [2.05, 4.69) is 9.68 Å². The van der Waals surface area contributed by atoms with Crippen LogP contribution < -0.4 is 0 Å². The van der Waals surface area contributed by atoms with E-state index in [9.17, 15) is 0 Å². The topological polar surface area (TPSA) is 49.8 Å². The van der Waals surface area contributed by atoms with Crippen LogP contribution in [0.4, 0.5) is 0 Å². The summed E-state index contributed by atoms with van der Waals surface area (Å²) in [4.78, 5) is 0. The van der Waals surface area contributed by atoms with Crippen LogP contribution in [0, 0.1) is 11.3 Å². The minimum absolute atomic E-state index is 0.422. The second-order valence-corrected chi connectivity index (χ2v) is 1.72. The minimum atomic E-state index is 0.422. The van der Waals surface area contributed by atoms with Crippen molar-refractivity contribution in [1.29, 1.82) is 5.26 Å². The van der Waals surface area contributed by atoms with E-state index in [0.717, 1.165) is 5.56 Å². The zero-order chi connectivity index (χ0) is 7.23. The first-order chi connectivity index (χ1) is 4.93. The van der Waals surface area contributed by atoms with Crippen LogP contribution in [-0.4, -0.2) is 5.16 Å². The molecule has 0 aromatic carbocycles. The van der Waals surface area contributed by atoms with Gasteiger partial charge in [-0.15, -0.1) is 0 Å². The summed E-state index contributed by atoms with van der Waals surface area (Å²) in [6, 6.07) is 1.99. The van der Waals surface area contributed by atoms with Crippen molar-refractivity contribution in [2.24, 2.45) is 0 Å². The van der Waals surface area contributed by atoms with Crippen molar-refractivity contribution in [3.05, 3.63) is 24.1 Å². The number of rotatable bonds is 2. The van der Waals surface area contributed by atoms with Gasteiger partial charge >= 0.3 is 0 Å². The minimum Gasteiger partial charge on any atom is -0.364 e. The van der Waals surface area contributed by atoms with Crippen LogP contribution in [0.15, 0.2) is 23.1 Å². The van der Waals surface area contributed by atoms with Crippen molar-refractivity contribution in [3.8, 4) is 6.07 Å². The molecule has 0 saturated carbocycles. The summed E-state index contributed by atoms with van der Waals surface area (Å²) in [5.74, 6) is 0. The average Bonchev–Trinajstić information content (AvgIpc) is 2.41. The van der Waals surface area contributed by atoms with Gasteiger partial charge in [-0.1, -0.05) is 17.3 Å². The summed E-state index contributed by atoms with van der Waals surface area (Å²) >= 11 is 0. The molecule has 1 heterocycles. The lowest BCUT2D eigenvalue weighted by Gasteiger charge is -1.74. The van der Waals surface area contributed by atoms with E-state index in [4.69, 9.17) is 5.26 Å². The Hall–Kier alpha value is -1.56. The average molecular weight is 134 g/mol. The van der Waals surface area contributed by atoms with Gasteiger partial charge in [-0.05, 0) is 0 Å². The van der Waals surface area contributed by atoms with Crippen LogP contribution in [0.2, 0.25) is 0 Å². The van der Waals surface area contributed by atoms with Gasteiger partial charge in [0.25, 0.3) is 0 Å². The third-order valence-corrected chi connectivity index (χ3v) is 0.971. The number of nitrogens with zero attached hydrogens (tertiary/aromatic N) is 2. The van der Waals surface area contributed by atoms with Gasteiger partial charge in [-0.2, -0.15) is 5.26 Å². The Labute approximate surface area is 58.6 Å². The van der Waals surface area contributed by atoms with E-state index in [1.807, 2.05) is 6.07 Å². The highest BCUT2D eigenvalue weighted by Gasteiger charge is 1.85. The first-order valence-corrected chi connectivity index (χ1v) is 2.86. The van der Waals surface area contributed by atoms with E-state index < -0.39 is 0 Å². The van der Waals surface area contributed by atoms with E-state index in [1.165, 1.54) is 6.26 Å². The van der Waals surface area contributed by atoms with Crippen molar-refractivity contribution in [2.45, 2.75) is 6.42 Å². The summed E-state index contributed by atoms with van der Waals surface area (Å²) in [7, 11) is 0. The Morgan fingerprint density at radius 3 is 3.30 bits per heavy atom. The van der Waals surface area contributed by atoms with Crippen molar-refractivity contribution >= 4 is 6.08 Å². The van der Waals surface area contributed by atoms with Gasteiger partial charge in [-0.25, -0.2) is 0 Å². The number of hydrogen-bond donors (Lipinski definition) is 0. The van der Waals surface area contributed by atoms with Crippen molar-refractivity contribution in [3.63, 3.8) is 0 Å². The molecule has 0 atom stereocenters. The third-order valence-electron chi connectivity index (χ3n) is 0.971. The molecule has 0 bridgehead atoms. The number of hydrogen-bond acceptors (Lipinski definition) is 3. The molecule has 0 aliphatic carbocycles. The Morgan fingerprint density at radius 2 is 2.70 bits per heavy atom. The molecule has 0 saturated heterocycles. The first kappa shape index (κ1) is 6.56. The smallest absolute Gasteiger partial charge is 0.131 e. The van der Waals surface area contributed by atoms with Crippen LogP contribution in [0.3, 0.4) is 0 Å². The molecule has 3 nitrogen and oxygen atoms in total. The maximum Gasteiger partial charge on any atom is 0.131 e. The molecule has 0 aliphatic rings. The van der Waals surface area contributed by atoms with Crippen LogP contribution in [0.25, 0.3) is 6.08 Å². The molecule has 0 spiro atoms. The highest BCUT2D eigenvalue weighted by atomic mass is 16.5. The number of nitriles is 1. The SMILES string of the molecule is N#CCC=Cc1cnoc1. The summed E-state index contributed by atoms with van der Waals surface area (Å²) in [5, 5.41) is 11.6. The van der Waals surface area contributed by atoms with Crippen molar-refractivity contribution in [1.82, 2.24) is 5.16 Å². The lowest BCUT2D eigenvalue weighted by Crippen LogP contribution is -1.60. The van der Waals surface area contributed by atoms with Crippen LogP contribution >= 0.6 is 0 Å². The maximum atomic E-state index is 8.15. The molecule has 1 rings (SSSR count). The highest BCUT2D eigenvalue weighted by molar-refractivity contribution is 5.45. The lowest BCUT2D eigenvalue weighted by atomic mass is 10.3. The lowest BCUT2D eigenvalue weighted by molar-refractivity contribution is 0.419. The van der Waals surface area contributed by atoms with Gasteiger partial charge in [0.15, 0.2) is 0 Å². The molecule has 10 heavy (non-hydrogen) atoms. The van der Waals surface area contributed by atoms with Gasteiger partial charge in [0.05, 0.1) is 18.7 Å². The molecule has 50 valence electrons. The summed E-state index contributed by atoms with van der Waals surface area (Å²) in [6.07, 6.45) is 7.08. The van der Waals surface area contributed by atoms with E-state index in [0.29, 0.717) is 6.42 Å². The molecule has 3 heteroatoms. The predicted octanol–water partition coefficient (Wildman–Crippen LogP) is 1.60. The summed E-state index contributed by atoms with van der Waals surface area (Å²) in [5.41, 5.74) is 0.884. The third kappa shape index (κ3) is 1.75. The van der Waals surface area contributed by atoms with Crippen LogP contribution in [-0.2, 0) is 0 Å². The predicted molar refractivity (Wildman–Crippen MR) is 35.8 cm³/mol. The first-order valence-electron chi connectivity index (χ1n) is 2.86. The van der Waals surface area contributed by atoms with Crippen LogP contribution in [0.1, 0.15) is 12.0 Å². The van der Waals surface area contributed by atoms with Gasteiger partial charge in [0.1, 0.15) is 6.26 Å². The highest BCUT2D eigenvalue weighted by Crippen LogP contribution is 1.99. The zero-order valence-electron chi connectivity index (χ0n) is 5.32. The Morgan fingerprint density at radius 1 is 1.80 bits per heavy atom. The second kappa shape index (κ2) is 3.46. The molecule has 0 unspecified atom stereocenters. The summed E-state index contributed by atoms with van der Waals surface area (Å²) < 4.78 is 4.56. The monoisotopic (exact) mass is 134 g/mol. The molecule has 1 aromatic heterocycles. The maximum absolute atomic E-state index is 8.15. The molecule has 0 N–H and O–H groups in total.